The number of benzene rings is 1. The summed E-state index contributed by atoms with van der Waals surface area (Å²) in [4.78, 5) is 4.66. The molecule has 2 N–H and O–H groups in total. The summed E-state index contributed by atoms with van der Waals surface area (Å²) in [6.45, 7) is 0.460. The van der Waals surface area contributed by atoms with Gasteiger partial charge in [0.25, 0.3) is 0 Å². The first-order chi connectivity index (χ1) is 8.79. The molecule has 0 unspecified atom stereocenters. The monoisotopic (exact) mass is 301 g/mol. The first-order valence-electron chi connectivity index (χ1n) is 5.71. The van der Waals surface area contributed by atoms with E-state index in [-0.39, 0.29) is 0 Å². The normalized spacial score (nSPS) is 11.0. The van der Waals surface area contributed by atoms with Crippen LogP contribution in [0.1, 0.15) is 5.69 Å². The number of halogens is 1. The molecule has 0 saturated carbocycles. The van der Waals surface area contributed by atoms with Gasteiger partial charge in [-0.3, -0.25) is 0 Å². The van der Waals surface area contributed by atoms with Gasteiger partial charge < -0.3 is 10.1 Å². The van der Waals surface area contributed by atoms with Gasteiger partial charge in [0.2, 0.25) is 0 Å². The van der Waals surface area contributed by atoms with Crippen LogP contribution in [0.5, 0.6) is 0 Å². The maximum Gasteiger partial charge on any atom is 0.137 e. The highest BCUT2D eigenvalue weighted by atomic mass is 79.9. The summed E-state index contributed by atoms with van der Waals surface area (Å²) in [7, 11) is 0. The lowest BCUT2D eigenvalue weighted by molar-refractivity contribution is 0.959. The maximum absolute atomic E-state index is 5.87. The summed E-state index contributed by atoms with van der Waals surface area (Å²) in [5.41, 5.74) is 9.86. The number of nitrogens with two attached hydrogens (primary N) is 1. The second-order valence-electron chi connectivity index (χ2n) is 4.05. The van der Waals surface area contributed by atoms with Crippen molar-refractivity contribution in [1.29, 1.82) is 0 Å². The number of pyridine rings is 1. The average molecular weight is 302 g/mol. The predicted molar refractivity (Wildman–Crippen MR) is 76.2 cm³/mol. The first kappa shape index (κ1) is 11.4. The Morgan fingerprint density at radius 1 is 1.11 bits per heavy atom. The number of rotatable bonds is 2. The zero-order valence-electron chi connectivity index (χ0n) is 9.68. The number of imidazole rings is 1. The third-order valence-electron chi connectivity index (χ3n) is 2.92. The van der Waals surface area contributed by atoms with Crippen LogP contribution < -0.4 is 5.73 Å². The summed E-state index contributed by atoms with van der Waals surface area (Å²) < 4.78 is 3.05. The fraction of sp³-hybridized carbons (Fsp3) is 0.0714. The van der Waals surface area contributed by atoms with Crippen molar-refractivity contribution in [3.8, 4) is 11.3 Å². The molecule has 0 fully saturated rings. The van der Waals surface area contributed by atoms with Crippen molar-refractivity contribution < 1.29 is 0 Å². The Morgan fingerprint density at radius 2 is 1.89 bits per heavy atom. The molecule has 2 aromatic heterocycles. The van der Waals surface area contributed by atoms with Gasteiger partial charge in [-0.1, -0.05) is 30.3 Å². The number of nitrogens with zero attached hydrogens (tertiary/aromatic N) is 2. The van der Waals surface area contributed by atoms with Crippen LogP contribution in [0.3, 0.4) is 0 Å². The number of hydrogen-bond acceptors (Lipinski definition) is 2. The van der Waals surface area contributed by atoms with E-state index in [4.69, 9.17) is 5.73 Å². The minimum absolute atomic E-state index is 0.460. The molecule has 3 nitrogen and oxygen atoms in total. The minimum Gasteiger partial charge on any atom is -0.325 e. The molecule has 0 aliphatic heterocycles. The zero-order valence-corrected chi connectivity index (χ0v) is 11.3. The summed E-state index contributed by atoms with van der Waals surface area (Å²) >= 11 is 3.47. The molecule has 0 saturated heterocycles. The Balaban J connectivity index is 2.30. The first-order valence-corrected chi connectivity index (χ1v) is 6.51. The molecular weight excluding hydrogens is 290 g/mol. The zero-order chi connectivity index (χ0) is 12.5. The highest BCUT2D eigenvalue weighted by molar-refractivity contribution is 9.10. The van der Waals surface area contributed by atoms with E-state index in [2.05, 4.69) is 33.0 Å². The quantitative estimate of drug-likeness (QED) is 0.790. The molecule has 0 atom stereocenters. The molecule has 3 rings (SSSR count). The van der Waals surface area contributed by atoms with E-state index in [1.807, 2.05) is 40.9 Å². The molecule has 2 heterocycles. The molecule has 0 amide bonds. The van der Waals surface area contributed by atoms with E-state index in [9.17, 15) is 0 Å². The van der Waals surface area contributed by atoms with Gasteiger partial charge in [-0.2, -0.15) is 0 Å². The van der Waals surface area contributed by atoms with E-state index in [0.717, 1.165) is 27.1 Å². The van der Waals surface area contributed by atoms with Crippen LogP contribution in [0.2, 0.25) is 0 Å². The van der Waals surface area contributed by atoms with Gasteiger partial charge in [-0.25, -0.2) is 4.98 Å². The maximum atomic E-state index is 5.87. The summed E-state index contributed by atoms with van der Waals surface area (Å²) in [5, 5.41) is 0. The van der Waals surface area contributed by atoms with Crippen molar-refractivity contribution in [3.63, 3.8) is 0 Å². The van der Waals surface area contributed by atoms with Crippen LogP contribution in [0.4, 0.5) is 0 Å². The SMILES string of the molecule is NCc1c(-c2ccccc2)nc2ccc(Br)cn12. The molecule has 0 radical (unpaired) electrons. The number of aromatic nitrogens is 2. The standard InChI is InChI=1S/C14H12BrN3/c15-11-6-7-13-17-14(10-4-2-1-3-5-10)12(8-16)18(13)9-11/h1-7,9H,8,16H2. The lowest BCUT2D eigenvalue weighted by Crippen LogP contribution is -2.02. The minimum atomic E-state index is 0.460. The summed E-state index contributed by atoms with van der Waals surface area (Å²) in [5.74, 6) is 0. The van der Waals surface area contributed by atoms with Gasteiger partial charge >= 0.3 is 0 Å². The van der Waals surface area contributed by atoms with Crippen LogP contribution in [0.25, 0.3) is 16.9 Å². The number of hydrogen-bond donors (Lipinski definition) is 1. The highest BCUT2D eigenvalue weighted by Gasteiger charge is 2.12. The van der Waals surface area contributed by atoms with Crippen LogP contribution in [0.15, 0.2) is 53.1 Å². The van der Waals surface area contributed by atoms with E-state index in [0.29, 0.717) is 6.54 Å². The van der Waals surface area contributed by atoms with Crippen molar-refractivity contribution in [3.05, 3.63) is 58.8 Å². The molecular formula is C14H12BrN3. The summed E-state index contributed by atoms with van der Waals surface area (Å²) in [6.07, 6.45) is 2.00. The molecule has 0 aliphatic carbocycles. The molecule has 18 heavy (non-hydrogen) atoms. The average Bonchev–Trinajstić information content (AvgIpc) is 2.77. The Morgan fingerprint density at radius 3 is 2.61 bits per heavy atom. The largest absolute Gasteiger partial charge is 0.325 e. The molecule has 0 spiro atoms. The van der Waals surface area contributed by atoms with Gasteiger partial charge in [0.15, 0.2) is 0 Å². The van der Waals surface area contributed by atoms with Crippen molar-refractivity contribution in [2.45, 2.75) is 6.54 Å². The van der Waals surface area contributed by atoms with Gasteiger partial charge in [-0.15, -0.1) is 0 Å². The Hall–Kier alpha value is -1.65. The molecule has 4 heteroatoms. The van der Waals surface area contributed by atoms with Crippen LogP contribution in [0, 0.1) is 0 Å². The molecule has 1 aromatic carbocycles. The fourth-order valence-electron chi connectivity index (χ4n) is 2.09. The van der Waals surface area contributed by atoms with Gasteiger partial charge in [0.05, 0.1) is 11.4 Å². The van der Waals surface area contributed by atoms with Crippen LogP contribution in [-0.2, 0) is 6.54 Å². The van der Waals surface area contributed by atoms with Crippen LogP contribution >= 0.6 is 15.9 Å². The highest BCUT2D eigenvalue weighted by Crippen LogP contribution is 2.25. The summed E-state index contributed by atoms with van der Waals surface area (Å²) in [6, 6.07) is 14.1. The Bertz CT molecular complexity index is 689. The van der Waals surface area contributed by atoms with E-state index < -0.39 is 0 Å². The smallest absolute Gasteiger partial charge is 0.137 e. The van der Waals surface area contributed by atoms with E-state index in [1.54, 1.807) is 0 Å². The third kappa shape index (κ3) is 1.83. The lowest BCUT2D eigenvalue weighted by Gasteiger charge is -2.02. The number of fused-ring (bicyclic) bond motifs is 1. The van der Waals surface area contributed by atoms with Crippen molar-refractivity contribution in [1.82, 2.24) is 9.38 Å². The second kappa shape index (κ2) is 4.55. The van der Waals surface area contributed by atoms with E-state index >= 15 is 0 Å². The second-order valence-corrected chi connectivity index (χ2v) is 4.97. The fourth-order valence-corrected chi connectivity index (χ4v) is 2.43. The van der Waals surface area contributed by atoms with Gasteiger partial charge in [0, 0.05) is 22.8 Å². The predicted octanol–water partition coefficient (Wildman–Crippen LogP) is 3.22. The molecule has 0 bridgehead atoms. The topological polar surface area (TPSA) is 43.3 Å². The Labute approximate surface area is 113 Å². The molecule has 90 valence electrons. The molecule has 0 aliphatic rings. The third-order valence-corrected chi connectivity index (χ3v) is 3.39. The lowest BCUT2D eigenvalue weighted by atomic mass is 10.1. The van der Waals surface area contributed by atoms with Gasteiger partial charge in [0.1, 0.15) is 5.65 Å². The van der Waals surface area contributed by atoms with E-state index in [1.165, 1.54) is 0 Å². The van der Waals surface area contributed by atoms with Crippen molar-refractivity contribution >= 4 is 21.6 Å². The van der Waals surface area contributed by atoms with Crippen molar-refractivity contribution in [2.24, 2.45) is 5.73 Å². The Kier molecular flexibility index (Phi) is 2.89. The van der Waals surface area contributed by atoms with Gasteiger partial charge in [-0.05, 0) is 28.1 Å². The molecule has 3 aromatic rings. The van der Waals surface area contributed by atoms with Crippen LogP contribution in [-0.4, -0.2) is 9.38 Å². The van der Waals surface area contributed by atoms with Crippen molar-refractivity contribution in [2.75, 3.05) is 0 Å².